The third kappa shape index (κ3) is 5.43. The van der Waals surface area contributed by atoms with Crippen LogP contribution in [0.4, 0.5) is 17.1 Å². The Morgan fingerprint density at radius 2 is 1.33 bits per heavy atom. The highest BCUT2D eigenvalue weighted by molar-refractivity contribution is 5.78. The lowest BCUT2D eigenvalue weighted by atomic mass is 9.87. The highest BCUT2D eigenvalue weighted by Crippen LogP contribution is 2.32. The van der Waals surface area contributed by atoms with Crippen LogP contribution in [0, 0.1) is 20.2 Å². The van der Waals surface area contributed by atoms with Gasteiger partial charge in [-0.3, -0.25) is 25.0 Å². The van der Waals surface area contributed by atoms with E-state index in [0.717, 1.165) is 22.6 Å². The van der Waals surface area contributed by atoms with Crippen LogP contribution in [0.1, 0.15) is 23.5 Å². The molecule has 10 nitrogen and oxygen atoms in total. The topological polar surface area (TPSA) is 119 Å². The van der Waals surface area contributed by atoms with Crippen LogP contribution in [0.25, 0.3) is 0 Å². The molecule has 3 aromatic rings. The smallest absolute Gasteiger partial charge is 0.269 e. The van der Waals surface area contributed by atoms with E-state index in [1.807, 2.05) is 29.2 Å². The Bertz CT molecular complexity index is 1180. The third-order valence-corrected chi connectivity index (χ3v) is 6.45. The Morgan fingerprint density at radius 1 is 0.833 bits per heavy atom. The van der Waals surface area contributed by atoms with Gasteiger partial charge in [-0.25, -0.2) is 0 Å². The molecule has 36 heavy (non-hydrogen) atoms. The number of hydrogen-bond acceptors (Lipinski definition) is 7. The molecular weight excluding hydrogens is 464 g/mol. The lowest BCUT2D eigenvalue weighted by Gasteiger charge is -2.37. The predicted molar refractivity (Wildman–Crippen MR) is 134 cm³/mol. The first kappa shape index (κ1) is 24.6. The van der Waals surface area contributed by atoms with E-state index in [1.165, 1.54) is 24.3 Å². The van der Waals surface area contributed by atoms with Crippen molar-refractivity contribution < 1.29 is 19.4 Å². The van der Waals surface area contributed by atoms with E-state index < -0.39 is 15.8 Å². The summed E-state index contributed by atoms with van der Waals surface area (Å²) in [5, 5.41) is 22.2. The molecule has 1 saturated heterocycles. The summed E-state index contributed by atoms with van der Waals surface area (Å²) in [7, 11) is 1.63. The number of anilines is 1. The molecule has 10 heteroatoms. The number of rotatable bonds is 8. The number of nitro benzene ring substituents is 2. The molecule has 3 aromatic carbocycles. The first-order valence-electron chi connectivity index (χ1n) is 11.5. The van der Waals surface area contributed by atoms with Crippen molar-refractivity contribution in [2.24, 2.45) is 0 Å². The molecule has 1 fully saturated rings. The minimum Gasteiger partial charge on any atom is -0.495 e. The molecule has 1 aliphatic rings. The SMILES string of the molecule is COc1ccccc1N1CCN(C(=O)CC(c2ccc([N+](=O)[O-])cc2)c2ccc([N+](=O)[O-])cc2)CC1. The van der Waals surface area contributed by atoms with Crippen molar-refractivity contribution in [1.82, 2.24) is 4.90 Å². The van der Waals surface area contributed by atoms with E-state index in [9.17, 15) is 25.0 Å². The van der Waals surface area contributed by atoms with Gasteiger partial charge in [0.1, 0.15) is 5.75 Å². The number of piperazine rings is 1. The van der Waals surface area contributed by atoms with Gasteiger partial charge in [-0.15, -0.1) is 0 Å². The number of amides is 1. The van der Waals surface area contributed by atoms with Crippen LogP contribution in [0.3, 0.4) is 0 Å². The summed E-state index contributed by atoms with van der Waals surface area (Å²) in [6.45, 7) is 2.41. The second-order valence-corrected chi connectivity index (χ2v) is 8.49. The summed E-state index contributed by atoms with van der Waals surface area (Å²) < 4.78 is 5.46. The maximum atomic E-state index is 13.3. The van der Waals surface area contributed by atoms with Crippen molar-refractivity contribution in [1.29, 1.82) is 0 Å². The highest BCUT2D eigenvalue weighted by atomic mass is 16.6. The molecule has 0 spiro atoms. The maximum Gasteiger partial charge on any atom is 0.269 e. The molecule has 1 heterocycles. The highest BCUT2D eigenvalue weighted by Gasteiger charge is 2.27. The Morgan fingerprint density at radius 3 is 1.81 bits per heavy atom. The van der Waals surface area contributed by atoms with Crippen molar-refractivity contribution >= 4 is 23.0 Å². The van der Waals surface area contributed by atoms with E-state index in [2.05, 4.69) is 4.90 Å². The van der Waals surface area contributed by atoms with Gasteiger partial charge in [-0.2, -0.15) is 0 Å². The largest absolute Gasteiger partial charge is 0.495 e. The fraction of sp³-hybridized carbons (Fsp3) is 0.269. The Labute approximate surface area is 208 Å². The van der Waals surface area contributed by atoms with E-state index >= 15 is 0 Å². The molecule has 4 rings (SSSR count). The van der Waals surface area contributed by atoms with Gasteiger partial charge in [0.2, 0.25) is 5.91 Å². The number of carbonyl (C=O) groups is 1. The number of methoxy groups -OCH3 is 1. The Hall–Kier alpha value is -4.47. The molecule has 0 unspecified atom stereocenters. The zero-order valence-corrected chi connectivity index (χ0v) is 19.8. The van der Waals surface area contributed by atoms with Crippen molar-refractivity contribution in [3.8, 4) is 5.75 Å². The number of ether oxygens (including phenoxy) is 1. The molecule has 0 saturated carbocycles. The summed E-state index contributed by atoms with van der Waals surface area (Å²) in [5.41, 5.74) is 2.37. The molecule has 186 valence electrons. The number of nitro groups is 2. The molecule has 1 aliphatic heterocycles. The van der Waals surface area contributed by atoms with E-state index in [1.54, 1.807) is 31.4 Å². The average molecular weight is 491 g/mol. The van der Waals surface area contributed by atoms with Crippen LogP contribution in [0.2, 0.25) is 0 Å². The van der Waals surface area contributed by atoms with Crippen LogP contribution in [-0.2, 0) is 4.79 Å². The quantitative estimate of drug-likeness (QED) is 0.339. The minimum absolute atomic E-state index is 0.0417. The van der Waals surface area contributed by atoms with Crippen molar-refractivity contribution in [3.63, 3.8) is 0 Å². The van der Waals surface area contributed by atoms with Crippen LogP contribution in [-0.4, -0.2) is 53.9 Å². The number of non-ortho nitro benzene ring substituents is 2. The van der Waals surface area contributed by atoms with Gasteiger partial charge in [-0.1, -0.05) is 36.4 Å². The van der Waals surface area contributed by atoms with Crippen LogP contribution in [0.15, 0.2) is 72.8 Å². The monoisotopic (exact) mass is 490 g/mol. The molecule has 0 bridgehead atoms. The molecule has 0 aliphatic carbocycles. The normalized spacial score (nSPS) is 13.5. The van der Waals surface area contributed by atoms with Crippen LogP contribution in [0.5, 0.6) is 5.75 Å². The summed E-state index contributed by atoms with van der Waals surface area (Å²) >= 11 is 0. The average Bonchev–Trinajstić information content (AvgIpc) is 2.91. The molecular formula is C26H26N4O6. The number of benzene rings is 3. The van der Waals surface area contributed by atoms with Crippen molar-refractivity contribution in [2.75, 3.05) is 38.2 Å². The second-order valence-electron chi connectivity index (χ2n) is 8.49. The number of carbonyl (C=O) groups excluding carboxylic acids is 1. The van der Waals surface area contributed by atoms with E-state index in [0.29, 0.717) is 26.2 Å². The zero-order chi connectivity index (χ0) is 25.7. The molecule has 0 aromatic heterocycles. The number of para-hydroxylation sites is 2. The zero-order valence-electron chi connectivity index (χ0n) is 19.8. The van der Waals surface area contributed by atoms with Crippen molar-refractivity contribution in [3.05, 3.63) is 104 Å². The van der Waals surface area contributed by atoms with E-state index in [4.69, 9.17) is 4.74 Å². The summed E-state index contributed by atoms with van der Waals surface area (Å²) in [4.78, 5) is 38.5. The first-order valence-corrected chi connectivity index (χ1v) is 11.5. The maximum absolute atomic E-state index is 13.3. The van der Waals surface area contributed by atoms with Gasteiger partial charge in [0, 0.05) is 62.8 Å². The minimum atomic E-state index is -0.475. The standard InChI is InChI=1S/C26H26N4O6/c1-36-25-5-3-2-4-24(25)27-14-16-28(17-15-27)26(31)18-23(19-6-10-21(11-7-19)29(32)33)20-8-12-22(13-9-20)30(34)35/h2-13,23H,14-18H2,1H3. The molecule has 0 atom stereocenters. The van der Waals surface area contributed by atoms with E-state index in [-0.39, 0.29) is 23.7 Å². The van der Waals surface area contributed by atoms with Gasteiger partial charge >= 0.3 is 0 Å². The Balaban J connectivity index is 1.51. The predicted octanol–water partition coefficient (Wildman–Crippen LogP) is 4.38. The van der Waals surface area contributed by atoms with Gasteiger partial charge in [-0.05, 0) is 23.3 Å². The fourth-order valence-corrected chi connectivity index (χ4v) is 4.48. The molecule has 1 amide bonds. The van der Waals surface area contributed by atoms with Gasteiger partial charge < -0.3 is 14.5 Å². The van der Waals surface area contributed by atoms with Crippen molar-refractivity contribution in [2.45, 2.75) is 12.3 Å². The lowest BCUT2D eigenvalue weighted by molar-refractivity contribution is -0.385. The third-order valence-electron chi connectivity index (χ3n) is 6.45. The van der Waals surface area contributed by atoms with Gasteiger partial charge in [0.25, 0.3) is 11.4 Å². The van der Waals surface area contributed by atoms with Gasteiger partial charge in [0.05, 0.1) is 22.6 Å². The number of hydrogen-bond donors (Lipinski definition) is 0. The summed E-state index contributed by atoms with van der Waals surface area (Å²) in [6.07, 6.45) is 0.143. The summed E-state index contributed by atoms with van der Waals surface area (Å²) in [5.74, 6) is 0.344. The van der Waals surface area contributed by atoms with Crippen LogP contribution < -0.4 is 9.64 Å². The fourth-order valence-electron chi connectivity index (χ4n) is 4.48. The Kier molecular flexibility index (Phi) is 7.43. The van der Waals surface area contributed by atoms with Gasteiger partial charge in [0.15, 0.2) is 0 Å². The lowest BCUT2D eigenvalue weighted by Crippen LogP contribution is -2.49. The number of nitrogens with zero attached hydrogens (tertiary/aromatic N) is 4. The summed E-state index contributed by atoms with van der Waals surface area (Å²) in [6, 6.07) is 19.9. The first-order chi connectivity index (χ1) is 17.4. The second kappa shape index (κ2) is 10.9. The molecule has 0 N–H and O–H groups in total. The van der Waals surface area contributed by atoms with Crippen LogP contribution >= 0.6 is 0 Å². The molecule has 0 radical (unpaired) electrons.